The van der Waals surface area contributed by atoms with Crippen molar-refractivity contribution in [2.45, 2.75) is 19.3 Å². The Bertz CT molecular complexity index is 634. The van der Waals surface area contributed by atoms with Crippen LogP contribution in [-0.2, 0) is 5.41 Å². The van der Waals surface area contributed by atoms with E-state index in [2.05, 4.69) is 63.9 Å². The van der Waals surface area contributed by atoms with Gasteiger partial charge in [0.15, 0.2) is 0 Å². The second kappa shape index (κ2) is 6.41. The number of ether oxygens (including phenoxy) is 2. The van der Waals surface area contributed by atoms with Crippen molar-refractivity contribution in [3.8, 4) is 11.5 Å². The lowest BCUT2D eigenvalue weighted by atomic mass is 9.78. The molecule has 0 saturated heterocycles. The monoisotopic (exact) mass is 412 g/mol. The summed E-state index contributed by atoms with van der Waals surface area (Å²) in [7, 11) is 3.35. The van der Waals surface area contributed by atoms with Gasteiger partial charge in [-0.3, -0.25) is 0 Å². The van der Waals surface area contributed by atoms with Crippen LogP contribution in [0.3, 0.4) is 0 Å². The number of hydrogen-bond donors (Lipinski definition) is 0. The summed E-state index contributed by atoms with van der Waals surface area (Å²) < 4.78 is 12.5. The highest BCUT2D eigenvalue weighted by Crippen LogP contribution is 2.42. The molecule has 0 atom stereocenters. The van der Waals surface area contributed by atoms with Gasteiger partial charge >= 0.3 is 0 Å². The topological polar surface area (TPSA) is 18.5 Å². The normalized spacial score (nSPS) is 11.3. The van der Waals surface area contributed by atoms with Crippen molar-refractivity contribution >= 4 is 31.9 Å². The van der Waals surface area contributed by atoms with E-state index in [0.29, 0.717) is 0 Å². The lowest BCUT2D eigenvalue weighted by molar-refractivity contribution is 0.411. The van der Waals surface area contributed by atoms with Crippen LogP contribution >= 0.6 is 31.9 Å². The average molecular weight is 414 g/mol. The molecule has 0 heterocycles. The summed E-state index contributed by atoms with van der Waals surface area (Å²) in [5.41, 5.74) is 2.28. The van der Waals surface area contributed by atoms with Crippen molar-refractivity contribution in [2.75, 3.05) is 14.2 Å². The molecule has 2 aromatic carbocycles. The second-order valence-corrected chi connectivity index (χ2v) is 6.88. The molecule has 2 aromatic rings. The predicted molar refractivity (Wildman–Crippen MR) is 93.5 cm³/mol. The molecule has 2 rings (SSSR count). The first-order valence-corrected chi connectivity index (χ1v) is 8.17. The van der Waals surface area contributed by atoms with Crippen LogP contribution in [0.15, 0.2) is 45.3 Å². The molecule has 0 bridgehead atoms. The van der Waals surface area contributed by atoms with Gasteiger partial charge in [0.2, 0.25) is 0 Å². The minimum absolute atomic E-state index is 0.139. The summed E-state index contributed by atoms with van der Waals surface area (Å²) in [5, 5.41) is 0. The van der Waals surface area contributed by atoms with E-state index < -0.39 is 0 Å². The van der Waals surface area contributed by atoms with Gasteiger partial charge in [0, 0.05) is 9.89 Å². The van der Waals surface area contributed by atoms with Crippen LogP contribution in [0.4, 0.5) is 0 Å². The summed E-state index contributed by atoms with van der Waals surface area (Å²) in [6.07, 6.45) is 0. The largest absolute Gasteiger partial charge is 0.497 e. The molecule has 0 aliphatic rings. The summed E-state index contributed by atoms with van der Waals surface area (Å²) in [6, 6.07) is 12.3. The van der Waals surface area contributed by atoms with Crippen LogP contribution in [0.25, 0.3) is 0 Å². The SMILES string of the molecule is COc1ccc(C(C)(C)c2ccc(OC)c(Br)c2Br)cc1. The molecular formula is C17H18Br2O2. The lowest BCUT2D eigenvalue weighted by Gasteiger charge is -2.28. The van der Waals surface area contributed by atoms with Gasteiger partial charge in [-0.25, -0.2) is 0 Å². The van der Waals surface area contributed by atoms with Crippen LogP contribution < -0.4 is 9.47 Å². The van der Waals surface area contributed by atoms with Crippen molar-refractivity contribution in [3.05, 3.63) is 56.5 Å². The first kappa shape index (κ1) is 16.4. The minimum Gasteiger partial charge on any atom is -0.497 e. The molecule has 0 aliphatic carbocycles. The smallest absolute Gasteiger partial charge is 0.134 e. The van der Waals surface area contributed by atoms with Crippen molar-refractivity contribution in [2.24, 2.45) is 0 Å². The Morgan fingerprint density at radius 3 is 1.95 bits per heavy atom. The molecule has 0 saturated carbocycles. The Labute approximate surface area is 142 Å². The fourth-order valence-corrected chi connectivity index (χ4v) is 3.67. The minimum atomic E-state index is -0.139. The number of hydrogen-bond acceptors (Lipinski definition) is 2. The zero-order valence-corrected chi connectivity index (χ0v) is 15.7. The van der Waals surface area contributed by atoms with Crippen LogP contribution in [0.1, 0.15) is 25.0 Å². The van der Waals surface area contributed by atoms with Crippen molar-refractivity contribution in [1.82, 2.24) is 0 Å². The molecule has 0 radical (unpaired) electrons. The summed E-state index contributed by atoms with van der Waals surface area (Å²) in [6.45, 7) is 4.40. The molecule has 0 amide bonds. The Hall–Kier alpha value is -1.00. The van der Waals surface area contributed by atoms with Crippen molar-refractivity contribution < 1.29 is 9.47 Å². The van der Waals surface area contributed by atoms with E-state index in [1.165, 1.54) is 11.1 Å². The first-order valence-electron chi connectivity index (χ1n) is 6.58. The van der Waals surface area contributed by atoms with Crippen molar-refractivity contribution in [3.63, 3.8) is 0 Å². The van der Waals surface area contributed by atoms with Crippen LogP contribution in [0, 0.1) is 0 Å². The van der Waals surface area contributed by atoms with Gasteiger partial charge in [-0.2, -0.15) is 0 Å². The van der Waals surface area contributed by atoms with E-state index in [9.17, 15) is 0 Å². The van der Waals surface area contributed by atoms with Crippen LogP contribution in [0.2, 0.25) is 0 Å². The maximum absolute atomic E-state index is 5.34. The quantitative estimate of drug-likeness (QED) is 0.653. The van der Waals surface area contributed by atoms with Crippen LogP contribution in [-0.4, -0.2) is 14.2 Å². The zero-order valence-electron chi connectivity index (χ0n) is 12.5. The third-order valence-electron chi connectivity index (χ3n) is 3.75. The van der Waals surface area contributed by atoms with E-state index in [4.69, 9.17) is 9.47 Å². The summed E-state index contributed by atoms with van der Waals surface area (Å²) >= 11 is 7.27. The van der Waals surface area contributed by atoms with E-state index >= 15 is 0 Å². The summed E-state index contributed by atoms with van der Waals surface area (Å²) in [5.74, 6) is 1.68. The standard InChI is InChI=1S/C17H18Br2O2/c1-17(2,11-5-7-12(20-3)8-6-11)13-9-10-14(21-4)16(19)15(13)18/h5-10H,1-4H3. The molecule has 4 heteroatoms. The Balaban J connectivity index is 2.49. The van der Waals surface area contributed by atoms with Crippen LogP contribution in [0.5, 0.6) is 11.5 Å². The molecule has 2 nitrogen and oxygen atoms in total. The van der Waals surface area contributed by atoms with Gasteiger partial charge in [-0.05, 0) is 61.2 Å². The zero-order chi connectivity index (χ0) is 15.6. The van der Waals surface area contributed by atoms with E-state index in [-0.39, 0.29) is 5.41 Å². The Kier molecular flexibility index (Phi) is 4.99. The molecular weight excluding hydrogens is 396 g/mol. The number of halogens is 2. The van der Waals surface area contributed by atoms with E-state index in [1.54, 1.807) is 14.2 Å². The number of methoxy groups -OCH3 is 2. The van der Waals surface area contributed by atoms with Gasteiger partial charge in [-0.15, -0.1) is 0 Å². The molecule has 0 aliphatic heterocycles. The Morgan fingerprint density at radius 1 is 0.810 bits per heavy atom. The molecule has 0 aromatic heterocycles. The fraction of sp³-hybridized carbons (Fsp3) is 0.294. The highest BCUT2D eigenvalue weighted by Gasteiger charge is 2.27. The maximum atomic E-state index is 5.34. The highest BCUT2D eigenvalue weighted by atomic mass is 79.9. The molecule has 0 fully saturated rings. The van der Waals surface area contributed by atoms with Crippen molar-refractivity contribution in [1.29, 1.82) is 0 Å². The maximum Gasteiger partial charge on any atom is 0.134 e. The van der Waals surface area contributed by atoms with E-state index in [0.717, 1.165) is 20.4 Å². The second-order valence-electron chi connectivity index (χ2n) is 5.30. The highest BCUT2D eigenvalue weighted by molar-refractivity contribution is 9.13. The molecule has 0 N–H and O–H groups in total. The molecule has 112 valence electrons. The third-order valence-corrected chi connectivity index (χ3v) is 5.89. The van der Waals surface area contributed by atoms with Gasteiger partial charge in [-0.1, -0.05) is 32.0 Å². The van der Waals surface area contributed by atoms with E-state index in [1.807, 2.05) is 18.2 Å². The Morgan fingerprint density at radius 2 is 1.43 bits per heavy atom. The molecule has 0 spiro atoms. The lowest BCUT2D eigenvalue weighted by Crippen LogP contribution is -2.19. The predicted octanol–water partition coefficient (Wildman–Crippen LogP) is 5.55. The average Bonchev–Trinajstić information content (AvgIpc) is 2.49. The van der Waals surface area contributed by atoms with Gasteiger partial charge < -0.3 is 9.47 Å². The third kappa shape index (κ3) is 3.11. The molecule has 0 unspecified atom stereocenters. The summed E-state index contributed by atoms with van der Waals surface area (Å²) in [4.78, 5) is 0. The number of benzene rings is 2. The fourth-order valence-electron chi connectivity index (χ4n) is 2.34. The van der Waals surface area contributed by atoms with Gasteiger partial charge in [0.05, 0.1) is 18.7 Å². The first-order chi connectivity index (χ1) is 9.91. The van der Waals surface area contributed by atoms with Gasteiger partial charge in [0.1, 0.15) is 11.5 Å². The molecule has 21 heavy (non-hydrogen) atoms. The number of rotatable bonds is 4. The van der Waals surface area contributed by atoms with Gasteiger partial charge in [0.25, 0.3) is 0 Å².